The zero-order chi connectivity index (χ0) is 42.6. The van der Waals surface area contributed by atoms with Crippen LogP contribution in [0.25, 0.3) is 33.4 Å². The number of nitrogens with zero attached hydrogens (tertiary/aromatic N) is 3. The Morgan fingerprint density at radius 1 is 0.308 bits per heavy atom. The van der Waals surface area contributed by atoms with Gasteiger partial charge in [0.15, 0.2) is 0 Å². The van der Waals surface area contributed by atoms with Gasteiger partial charge in [0.2, 0.25) is 0 Å². The number of benzene rings is 10. The van der Waals surface area contributed by atoms with E-state index >= 15 is 0 Å². The number of rotatable bonds is 6. The minimum atomic E-state index is -4.22. The van der Waals surface area contributed by atoms with Crippen LogP contribution >= 0.6 is 0 Å². The van der Waals surface area contributed by atoms with Gasteiger partial charge in [0.1, 0.15) is 0 Å². The third kappa shape index (κ3) is 5.08. The van der Waals surface area contributed by atoms with Crippen LogP contribution < -0.4 is 37.0 Å². The number of fused-ring (bicyclic) bond motifs is 3. The predicted octanol–water partition coefficient (Wildman–Crippen LogP) is 13.5. The van der Waals surface area contributed by atoms with Crippen molar-refractivity contribution in [2.24, 2.45) is 0 Å². The summed E-state index contributed by atoms with van der Waals surface area (Å²) in [5, 5.41) is 0. The Labute approximate surface area is 380 Å². The molecule has 10 aromatic carbocycles. The molecule has 4 heterocycles. The quantitative estimate of drug-likeness (QED) is 0.155. The zero-order valence-corrected chi connectivity index (χ0v) is 37.4. The molecule has 0 amide bonds. The molecule has 0 saturated carbocycles. The minimum absolute atomic E-state index is 0.843. The molecular weight excluding hydrogens is 851 g/mol. The van der Waals surface area contributed by atoms with E-state index in [1.165, 1.54) is 68.3 Å². The molecule has 0 aliphatic carbocycles. The van der Waals surface area contributed by atoms with Gasteiger partial charge in [-0.05, 0) is 0 Å². The van der Waals surface area contributed by atoms with Crippen molar-refractivity contribution in [3.63, 3.8) is 0 Å². The molecule has 304 valence electrons. The molecule has 65 heavy (non-hydrogen) atoms. The number of anilines is 9. The van der Waals surface area contributed by atoms with Crippen molar-refractivity contribution in [2.75, 3.05) is 14.7 Å². The van der Waals surface area contributed by atoms with Gasteiger partial charge in [-0.2, -0.15) is 0 Å². The molecule has 0 saturated heterocycles. The first kappa shape index (κ1) is 36.4. The van der Waals surface area contributed by atoms with Crippen LogP contribution in [0.1, 0.15) is 0 Å². The number of para-hydroxylation sites is 4. The fourth-order valence-electron chi connectivity index (χ4n) is 11.3. The Bertz CT molecular complexity index is 3470. The number of ether oxygens (including phenoxy) is 1. The average molecular weight is 891 g/mol. The molecule has 14 rings (SSSR count). The summed E-state index contributed by atoms with van der Waals surface area (Å²) in [6.07, 6.45) is 0. The van der Waals surface area contributed by atoms with Crippen molar-refractivity contribution < 1.29 is 4.74 Å². The normalized spacial score (nSPS) is 15.5. The second-order valence-electron chi connectivity index (χ2n) is 17.2. The van der Waals surface area contributed by atoms with Crippen LogP contribution in [0.3, 0.4) is 0 Å². The molecule has 0 aromatic heterocycles. The molecule has 5 heteroatoms. The van der Waals surface area contributed by atoms with Gasteiger partial charge in [-0.3, -0.25) is 0 Å². The maximum absolute atomic E-state index is 7.39. The van der Waals surface area contributed by atoms with Crippen LogP contribution in [-0.4, -0.2) is 13.3 Å². The molecule has 0 fully saturated rings. The van der Waals surface area contributed by atoms with E-state index in [2.05, 4.69) is 251 Å². The van der Waals surface area contributed by atoms with Gasteiger partial charge >= 0.3 is 383 Å². The first-order valence-corrected chi connectivity index (χ1v) is 26.5. The van der Waals surface area contributed by atoms with Crippen molar-refractivity contribution in [1.29, 1.82) is 0 Å². The fourth-order valence-corrected chi connectivity index (χ4v) is 23.3. The Kier molecular flexibility index (Phi) is 7.83. The summed E-state index contributed by atoms with van der Waals surface area (Å²) in [5.41, 5.74) is 17.4. The first-order valence-electron chi connectivity index (χ1n) is 22.3. The van der Waals surface area contributed by atoms with Crippen LogP contribution in [0.5, 0.6) is 11.5 Å². The second kappa shape index (κ2) is 14.0. The molecule has 0 radical (unpaired) electrons. The first-order chi connectivity index (χ1) is 32.3. The molecular formula is C60H39GeN3O. The van der Waals surface area contributed by atoms with Crippen molar-refractivity contribution in [2.45, 2.75) is 0 Å². The maximum atomic E-state index is 7.39. The van der Waals surface area contributed by atoms with Crippen LogP contribution in [0.2, 0.25) is 0 Å². The van der Waals surface area contributed by atoms with E-state index in [-0.39, 0.29) is 0 Å². The summed E-state index contributed by atoms with van der Waals surface area (Å²) < 4.78 is 13.0. The van der Waals surface area contributed by atoms with E-state index < -0.39 is 13.3 Å². The molecule has 0 N–H and O–H groups in total. The van der Waals surface area contributed by atoms with E-state index in [1.807, 2.05) is 0 Å². The predicted molar refractivity (Wildman–Crippen MR) is 271 cm³/mol. The van der Waals surface area contributed by atoms with E-state index in [0.717, 1.165) is 45.4 Å². The van der Waals surface area contributed by atoms with Gasteiger partial charge in [0.25, 0.3) is 0 Å². The van der Waals surface area contributed by atoms with Crippen molar-refractivity contribution in [3.8, 4) is 44.9 Å². The van der Waals surface area contributed by atoms with Crippen molar-refractivity contribution in [1.82, 2.24) is 0 Å². The fraction of sp³-hybridized carbons (Fsp3) is 0. The number of hydrogen-bond acceptors (Lipinski definition) is 4. The summed E-state index contributed by atoms with van der Waals surface area (Å²) in [6.45, 7) is 0. The third-order valence-electron chi connectivity index (χ3n) is 13.8. The van der Waals surface area contributed by atoms with Crippen LogP contribution in [-0.2, 0) is 0 Å². The molecule has 1 atom stereocenters. The Balaban J connectivity index is 1.26. The molecule has 10 aromatic rings. The Morgan fingerprint density at radius 2 is 0.708 bits per heavy atom. The van der Waals surface area contributed by atoms with Gasteiger partial charge in [0.05, 0.1) is 0 Å². The summed E-state index contributed by atoms with van der Waals surface area (Å²) in [6, 6.07) is 87.3. The monoisotopic (exact) mass is 891 g/mol. The van der Waals surface area contributed by atoms with Gasteiger partial charge in [-0.15, -0.1) is 0 Å². The molecule has 0 spiro atoms. The van der Waals surface area contributed by atoms with Crippen molar-refractivity contribution in [3.05, 3.63) is 237 Å². The van der Waals surface area contributed by atoms with Crippen LogP contribution in [0, 0.1) is 0 Å². The van der Waals surface area contributed by atoms with Gasteiger partial charge in [-0.25, -0.2) is 0 Å². The summed E-state index contributed by atoms with van der Waals surface area (Å²) in [4.78, 5) is 7.75. The topological polar surface area (TPSA) is 19.0 Å². The van der Waals surface area contributed by atoms with Gasteiger partial charge < -0.3 is 0 Å². The van der Waals surface area contributed by atoms with E-state index in [1.54, 1.807) is 0 Å². The Morgan fingerprint density at radius 3 is 1.22 bits per heavy atom. The number of hydrogen-bond donors (Lipinski definition) is 0. The van der Waals surface area contributed by atoms with Crippen LogP contribution in [0.15, 0.2) is 237 Å². The SMILES string of the molecule is c1ccc(-c2cc3[c]4c(c2)N(c2ccccc2)c2cc(-c5ccccc5)c5c6[c]2[Ge]4([c]2ccccc2)[c]2c(cc(-c4ccccc4)cc2N6c2ccccc2O5)N3c2ccccc2)cc1. The van der Waals surface area contributed by atoms with Gasteiger partial charge in [-0.1, -0.05) is 0 Å². The van der Waals surface area contributed by atoms with E-state index in [0.29, 0.717) is 0 Å². The van der Waals surface area contributed by atoms with E-state index in [9.17, 15) is 0 Å². The third-order valence-corrected chi connectivity index (χ3v) is 24.3. The molecule has 0 bridgehead atoms. The average Bonchev–Trinajstić information content (AvgIpc) is 3.38. The molecule has 1 unspecified atom stereocenters. The second-order valence-corrected chi connectivity index (χ2v) is 24.7. The Hall–Kier alpha value is -8.06. The van der Waals surface area contributed by atoms with Crippen LogP contribution in [0.4, 0.5) is 51.2 Å². The van der Waals surface area contributed by atoms with Gasteiger partial charge in [0, 0.05) is 0 Å². The summed E-state index contributed by atoms with van der Waals surface area (Å²) in [7, 11) is 0. The molecule has 4 aliphatic rings. The van der Waals surface area contributed by atoms with Crippen molar-refractivity contribution >= 4 is 82.0 Å². The zero-order valence-electron chi connectivity index (χ0n) is 35.3. The standard InChI is InChI=1S/C60H39GeN3O/c1-7-21-40(22-8-1)43-35-50-56-51(36-43)63(47-31-17-6-18-32-47)54-39-48(42-25-11-3-12-26-42)60-59-58(54)61(56,45-27-13-4-14-28-45)57-52(62(50)46-29-15-5-16-30-46)37-44(41-23-9-2-10-24-41)38-53(57)64(59)49-33-19-20-34-55(49)65-60/h1-39H. The summed E-state index contributed by atoms with van der Waals surface area (Å²) >= 11 is -4.22. The molecule has 4 nitrogen and oxygen atoms in total. The molecule has 4 aliphatic heterocycles. The summed E-state index contributed by atoms with van der Waals surface area (Å²) in [5.74, 6) is 1.74. The van der Waals surface area contributed by atoms with E-state index in [4.69, 9.17) is 4.74 Å².